The Bertz CT molecular complexity index is 613. The molecule has 0 unspecified atom stereocenters. The number of benzene rings is 2. The highest BCUT2D eigenvalue weighted by molar-refractivity contribution is 6.00. The quantitative estimate of drug-likeness (QED) is 0.844. The molecule has 0 aromatic heterocycles. The first-order chi connectivity index (χ1) is 10.3. The molecule has 110 valence electrons. The monoisotopic (exact) mass is 284 g/mol. The molecule has 0 atom stereocenters. The molecule has 2 aromatic rings. The average Bonchev–Trinajstić information content (AvgIpc) is 2.56. The van der Waals surface area contributed by atoms with E-state index in [1.807, 2.05) is 24.3 Å². The number of carbonyl (C=O) groups is 2. The van der Waals surface area contributed by atoms with Gasteiger partial charge < -0.3 is 9.90 Å². The summed E-state index contributed by atoms with van der Waals surface area (Å²) >= 11 is 0. The summed E-state index contributed by atoms with van der Waals surface area (Å²) in [6, 6.07) is 10.8. The zero-order valence-corrected chi connectivity index (χ0v) is 12.0. The highest BCUT2D eigenvalue weighted by Crippen LogP contribution is 2.25. The number of phenols is 1. The van der Waals surface area contributed by atoms with Crippen LogP contribution in [0.5, 0.6) is 5.75 Å². The first kappa shape index (κ1) is 15.2. The molecular weight excluding hydrogens is 264 g/mol. The molecule has 3 nitrogen and oxygen atoms in total. The summed E-state index contributed by atoms with van der Waals surface area (Å²) in [4.78, 5) is 20.8. The lowest BCUT2D eigenvalue weighted by Crippen LogP contribution is -2.06. The van der Waals surface area contributed by atoms with Crippen molar-refractivity contribution in [2.45, 2.75) is 32.1 Å². The van der Waals surface area contributed by atoms with Crippen molar-refractivity contribution in [1.29, 1.82) is 0 Å². The summed E-state index contributed by atoms with van der Waals surface area (Å²) in [7, 11) is 0. The van der Waals surface area contributed by atoms with Crippen molar-refractivity contribution in [3.8, 4) is 5.75 Å². The fraction of sp³-hybridized carbons (Fsp3) is 0.333. The van der Waals surface area contributed by atoms with E-state index in [0.29, 0.717) is 17.8 Å². The van der Waals surface area contributed by atoms with Gasteiger partial charge >= 0.3 is 0 Å². The highest BCUT2D eigenvalue weighted by Gasteiger charge is 2.10. The first-order valence-corrected chi connectivity index (χ1v) is 7.37. The Morgan fingerprint density at radius 1 is 0.952 bits per heavy atom. The van der Waals surface area contributed by atoms with Crippen LogP contribution < -0.4 is 0 Å². The minimum Gasteiger partial charge on any atom is -0.507 e. The van der Waals surface area contributed by atoms with Crippen molar-refractivity contribution in [2.75, 3.05) is 0 Å². The van der Waals surface area contributed by atoms with Crippen LogP contribution in [-0.4, -0.2) is 17.7 Å². The summed E-state index contributed by atoms with van der Waals surface area (Å²) in [6.07, 6.45) is 7.95. The predicted octanol–water partition coefficient (Wildman–Crippen LogP) is 4.12. The Hall–Kier alpha value is -2.16. The number of fused-ring (bicyclic) bond motifs is 1. The summed E-state index contributed by atoms with van der Waals surface area (Å²) in [5.74, 6) is 0.442. The molecule has 3 rings (SSSR count). The fourth-order valence-electron chi connectivity index (χ4n) is 2.68. The van der Waals surface area contributed by atoms with Gasteiger partial charge in [0.1, 0.15) is 12.0 Å². The van der Waals surface area contributed by atoms with Gasteiger partial charge in [0.2, 0.25) is 0 Å². The topological polar surface area (TPSA) is 54.4 Å². The number of rotatable bonds is 2. The van der Waals surface area contributed by atoms with E-state index in [4.69, 9.17) is 0 Å². The lowest BCUT2D eigenvalue weighted by molar-refractivity contribution is -0.111. The van der Waals surface area contributed by atoms with Crippen molar-refractivity contribution in [3.63, 3.8) is 0 Å². The molecule has 0 spiro atoms. The summed E-state index contributed by atoms with van der Waals surface area (Å²) in [6.45, 7) is 0. The molecule has 0 bridgehead atoms. The first-order valence-electron chi connectivity index (χ1n) is 7.37. The molecular formula is C18H20O3. The van der Waals surface area contributed by atoms with E-state index in [0.717, 1.165) is 29.9 Å². The second-order valence-corrected chi connectivity index (χ2v) is 5.37. The van der Waals surface area contributed by atoms with Crippen LogP contribution in [0.3, 0.4) is 0 Å². The van der Waals surface area contributed by atoms with Crippen LogP contribution in [0.25, 0.3) is 10.8 Å². The second kappa shape index (κ2) is 7.58. The lowest BCUT2D eigenvalue weighted by atomic mass is 9.91. The van der Waals surface area contributed by atoms with Crippen molar-refractivity contribution in [3.05, 3.63) is 42.0 Å². The van der Waals surface area contributed by atoms with E-state index < -0.39 is 0 Å². The van der Waals surface area contributed by atoms with E-state index in [1.165, 1.54) is 25.3 Å². The predicted molar refractivity (Wildman–Crippen MR) is 83.6 cm³/mol. The van der Waals surface area contributed by atoms with Crippen LogP contribution in [0.4, 0.5) is 0 Å². The molecule has 0 saturated heterocycles. The van der Waals surface area contributed by atoms with E-state index in [-0.39, 0.29) is 5.75 Å². The van der Waals surface area contributed by atoms with Gasteiger partial charge in [0.25, 0.3) is 0 Å². The van der Waals surface area contributed by atoms with Gasteiger partial charge in [-0.25, -0.2) is 0 Å². The zero-order chi connectivity index (χ0) is 15.1. The molecule has 1 N–H and O–H groups in total. The highest BCUT2D eigenvalue weighted by atomic mass is 16.3. The molecule has 0 heterocycles. The minimum absolute atomic E-state index is 0.0358. The van der Waals surface area contributed by atoms with Gasteiger partial charge in [-0.3, -0.25) is 4.79 Å². The van der Waals surface area contributed by atoms with Crippen molar-refractivity contribution >= 4 is 23.3 Å². The van der Waals surface area contributed by atoms with Gasteiger partial charge in [0.15, 0.2) is 6.29 Å². The maximum absolute atomic E-state index is 10.7. The third kappa shape index (κ3) is 3.91. The number of aldehydes is 2. The number of hydrogen-bond donors (Lipinski definition) is 1. The Morgan fingerprint density at radius 2 is 1.67 bits per heavy atom. The maximum atomic E-state index is 10.7. The Balaban J connectivity index is 0.000000173. The Morgan fingerprint density at radius 3 is 2.29 bits per heavy atom. The standard InChI is InChI=1S/C11H8O2.C7H12O/c12-7-10-9-4-2-1-3-8(9)5-6-11(10)13;8-6-7-4-2-1-3-5-7/h1-7,13H;6-7H,1-5H2. The van der Waals surface area contributed by atoms with Crippen LogP contribution in [0.1, 0.15) is 42.5 Å². The minimum atomic E-state index is 0.0358. The van der Waals surface area contributed by atoms with Gasteiger partial charge in [-0.1, -0.05) is 49.6 Å². The molecule has 3 heteroatoms. The summed E-state index contributed by atoms with van der Waals surface area (Å²) in [5, 5.41) is 11.1. The molecule has 0 radical (unpaired) electrons. The average molecular weight is 284 g/mol. The fourth-order valence-corrected chi connectivity index (χ4v) is 2.68. The van der Waals surface area contributed by atoms with E-state index >= 15 is 0 Å². The molecule has 1 aliphatic carbocycles. The van der Waals surface area contributed by atoms with E-state index in [9.17, 15) is 14.7 Å². The number of phenolic OH excluding ortho intramolecular Hbond substituents is 1. The van der Waals surface area contributed by atoms with E-state index in [2.05, 4.69) is 0 Å². The molecule has 0 amide bonds. The maximum Gasteiger partial charge on any atom is 0.154 e. The largest absolute Gasteiger partial charge is 0.507 e. The van der Waals surface area contributed by atoms with Gasteiger partial charge in [-0.15, -0.1) is 0 Å². The third-order valence-corrected chi connectivity index (χ3v) is 3.91. The van der Waals surface area contributed by atoms with Crippen LogP contribution in [0.2, 0.25) is 0 Å². The van der Waals surface area contributed by atoms with Gasteiger partial charge in [0, 0.05) is 5.92 Å². The normalized spacial score (nSPS) is 15.0. The van der Waals surface area contributed by atoms with Crippen LogP contribution in [-0.2, 0) is 4.79 Å². The van der Waals surface area contributed by atoms with E-state index in [1.54, 1.807) is 6.07 Å². The molecule has 1 saturated carbocycles. The molecule has 0 aliphatic heterocycles. The number of aromatic hydroxyl groups is 1. The third-order valence-electron chi connectivity index (χ3n) is 3.91. The Kier molecular flexibility index (Phi) is 5.50. The summed E-state index contributed by atoms with van der Waals surface area (Å²) < 4.78 is 0. The van der Waals surface area contributed by atoms with Crippen LogP contribution in [0.15, 0.2) is 36.4 Å². The summed E-state index contributed by atoms with van der Waals surface area (Å²) in [5.41, 5.74) is 0.359. The molecule has 2 aromatic carbocycles. The number of carbonyl (C=O) groups excluding carboxylic acids is 2. The number of hydrogen-bond acceptors (Lipinski definition) is 3. The zero-order valence-electron chi connectivity index (χ0n) is 12.0. The van der Waals surface area contributed by atoms with Gasteiger partial charge in [0.05, 0.1) is 5.56 Å². The molecule has 1 aliphatic rings. The second-order valence-electron chi connectivity index (χ2n) is 5.37. The van der Waals surface area contributed by atoms with Crippen molar-refractivity contribution < 1.29 is 14.7 Å². The van der Waals surface area contributed by atoms with Crippen molar-refractivity contribution in [1.82, 2.24) is 0 Å². The van der Waals surface area contributed by atoms with Crippen LogP contribution >= 0.6 is 0 Å². The van der Waals surface area contributed by atoms with Crippen LogP contribution in [0, 0.1) is 5.92 Å². The lowest BCUT2D eigenvalue weighted by Gasteiger charge is -2.14. The SMILES string of the molecule is O=CC1CCCCC1.O=Cc1c(O)ccc2ccccc12. The molecule has 21 heavy (non-hydrogen) atoms. The Labute approximate surface area is 124 Å². The van der Waals surface area contributed by atoms with Gasteiger partial charge in [-0.05, 0) is 29.7 Å². The van der Waals surface area contributed by atoms with Crippen molar-refractivity contribution in [2.24, 2.45) is 5.92 Å². The van der Waals surface area contributed by atoms with Gasteiger partial charge in [-0.2, -0.15) is 0 Å². The smallest absolute Gasteiger partial charge is 0.154 e. The molecule has 1 fully saturated rings.